The van der Waals surface area contributed by atoms with E-state index in [1.807, 2.05) is 31.2 Å². The van der Waals surface area contributed by atoms with Crippen LogP contribution in [-0.4, -0.2) is 41.8 Å². The standard InChI is InChI=1S/C16H24N2O3/c1-2-21-16(20)17-15-4-3-9-18(11-15)10-13-5-7-14(12-19)8-6-13/h5-8,15,19H,2-4,9-12H2,1H3,(H,17,20). The monoisotopic (exact) mass is 292 g/mol. The van der Waals surface area contributed by atoms with Gasteiger partial charge in [0, 0.05) is 19.1 Å². The average Bonchev–Trinajstić information content (AvgIpc) is 2.48. The Balaban J connectivity index is 1.84. The minimum Gasteiger partial charge on any atom is -0.450 e. The van der Waals surface area contributed by atoms with Crippen LogP contribution < -0.4 is 5.32 Å². The molecule has 2 N–H and O–H groups in total. The van der Waals surface area contributed by atoms with Crippen molar-refractivity contribution in [3.05, 3.63) is 35.4 Å². The average molecular weight is 292 g/mol. The van der Waals surface area contributed by atoms with E-state index in [1.165, 1.54) is 5.56 Å². The van der Waals surface area contributed by atoms with Crippen molar-refractivity contribution < 1.29 is 14.6 Å². The number of ether oxygens (including phenoxy) is 1. The fraction of sp³-hybridized carbons (Fsp3) is 0.562. The van der Waals surface area contributed by atoms with Gasteiger partial charge in [0.25, 0.3) is 0 Å². The van der Waals surface area contributed by atoms with Crippen LogP contribution in [-0.2, 0) is 17.9 Å². The van der Waals surface area contributed by atoms with Crippen molar-refractivity contribution in [2.45, 2.75) is 39.0 Å². The van der Waals surface area contributed by atoms with Crippen molar-refractivity contribution in [3.63, 3.8) is 0 Å². The highest BCUT2D eigenvalue weighted by Crippen LogP contribution is 2.14. The molecule has 1 aromatic carbocycles. The van der Waals surface area contributed by atoms with E-state index >= 15 is 0 Å². The van der Waals surface area contributed by atoms with Gasteiger partial charge in [0.15, 0.2) is 0 Å². The van der Waals surface area contributed by atoms with Gasteiger partial charge in [0.2, 0.25) is 0 Å². The first-order chi connectivity index (χ1) is 10.2. The second-order valence-corrected chi connectivity index (χ2v) is 5.41. The van der Waals surface area contributed by atoms with Crippen LogP contribution in [0, 0.1) is 0 Å². The second kappa shape index (κ2) is 8.00. The van der Waals surface area contributed by atoms with E-state index in [0.717, 1.165) is 38.0 Å². The quantitative estimate of drug-likeness (QED) is 0.870. The van der Waals surface area contributed by atoms with Crippen molar-refractivity contribution in [2.24, 2.45) is 0 Å². The Morgan fingerprint density at radius 1 is 1.38 bits per heavy atom. The molecule has 0 aromatic heterocycles. The molecule has 1 saturated heterocycles. The van der Waals surface area contributed by atoms with Crippen LogP contribution in [0.4, 0.5) is 4.79 Å². The summed E-state index contributed by atoms with van der Waals surface area (Å²) in [5.41, 5.74) is 2.16. The first-order valence-electron chi connectivity index (χ1n) is 7.55. The largest absolute Gasteiger partial charge is 0.450 e. The number of carbonyl (C=O) groups is 1. The highest BCUT2D eigenvalue weighted by molar-refractivity contribution is 5.67. The zero-order valence-electron chi connectivity index (χ0n) is 12.5. The summed E-state index contributed by atoms with van der Waals surface area (Å²) in [7, 11) is 0. The van der Waals surface area contributed by atoms with Gasteiger partial charge >= 0.3 is 6.09 Å². The van der Waals surface area contributed by atoms with Crippen LogP contribution >= 0.6 is 0 Å². The molecule has 0 spiro atoms. The van der Waals surface area contributed by atoms with E-state index in [-0.39, 0.29) is 18.7 Å². The molecule has 1 heterocycles. The third-order valence-electron chi connectivity index (χ3n) is 3.71. The lowest BCUT2D eigenvalue weighted by Gasteiger charge is -2.32. The molecule has 5 nitrogen and oxygen atoms in total. The van der Waals surface area contributed by atoms with Gasteiger partial charge < -0.3 is 15.2 Å². The molecule has 116 valence electrons. The third-order valence-corrected chi connectivity index (χ3v) is 3.71. The Bertz CT molecular complexity index is 447. The maximum Gasteiger partial charge on any atom is 0.407 e. The van der Waals surface area contributed by atoms with Gasteiger partial charge in [-0.25, -0.2) is 4.79 Å². The van der Waals surface area contributed by atoms with Gasteiger partial charge in [0.05, 0.1) is 13.2 Å². The number of likely N-dealkylation sites (tertiary alicyclic amines) is 1. The summed E-state index contributed by atoms with van der Waals surface area (Å²) in [6.07, 6.45) is 1.75. The number of nitrogens with zero attached hydrogens (tertiary/aromatic N) is 1. The number of rotatable bonds is 5. The van der Waals surface area contributed by atoms with Crippen LogP contribution in [0.5, 0.6) is 0 Å². The molecule has 1 unspecified atom stereocenters. The van der Waals surface area contributed by atoms with Gasteiger partial charge in [-0.15, -0.1) is 0 Å². The fourth-order valence-electron chi connectivity index (χ4n) is 2.66. The number of hydrogen-bond donors (Lipinski definition) is 2. The molecule has 0 bridgehead atoms. The summed E-state index contributed by atoms with van der Waals surface area (Å²) in [5, 5.41) is 12.0. The molecule has 1 aliphatic rings. The van der Waals surface area contributed by atoms with Crippen LogP contribution in [0.3, 0.4) is 0 Å². The molecule has 2 rings (SSSR count). The van der Waals surface area contributed by atoms with Gasteiger partial charge in [-0.3, -0.25) is 4.90 Å². The lowest BCUT2D eigenvalue weighted by Crippen LogP contribution is -2.47. The number of aliphatic hydroxyl groups excluding tert-OH is 1. The van der Waals surface area contributed by atoms with E-state index in [9.17, 15) is 4.79 Å². The number of piperidine rings is 1. The molecule has 5 heteroatoms. The maximum atomic E-state index is 11.5. The second-order valence-electron chi connectivity index (χ2n) is 5.41. The number of alkyl carbamates (subject to hydrolysis) is 1. The Morgan fingerprint density at radius 3 is 2.76 bits per heavy atom. The summed E-state index contributed by atoms with van der Waals surface area (Å²) in [5.74, 6) is 0. The molecule has 0 aliphatic carbocycles. The smallest absolute Gasteiger partial charge is 0.407 e. The highest BCUT2D eigenvalue weighted by atomic mass is 16.5. The number of nitrogens with one attached hydrogen (secondary N) is 1. The zero-order chi connectivity index (χ0) is 15.1. The van der Waals surface area contributed by atoms with Crippen molar-refractivity contribution >= 4 is 6.09 Å². The van der Waals surface area contributed by atoms with Crippen molar-refractivity contribution in [1.29, 1.82) is 0 Å². The minimum absolute atomic E-state index is 0.0789. The van der Waals surface area contributed by atoms with Crippen molar-refractivity contribution in [2.75, 3.05) is 19.7 Å². The minimum atomic E-state index is -0.323. The van der Waals surface area contributed by atoms with Crippen LogP contribution in [0.1, 0.15) is 30.9 Å². The molecule has 1 aromatic rings. The summed E-state index contributed by atoms with van der Waals surface area (Å²) in [6.45, 7) is 5.05. The number of carbonyl (C=O) groups excluding carboxylic acids is 1. The molecule has 1 atom stereocenters. The topological polar surface area (TPSA) is 61.8 Å². The number of aliphatic hydroxyl groups is 1. The molecule has 1 aliphatic heterocycles. The first-order valence-corrected chi connectivity index (χ1v) is 7.55. The first kappa shape index (κ1) is 15.8. The molecule has 0 radical (unpaired) electrons. The van der Waals surface area contributed by atoms with Gasteiger partial charge in [-0.05, 0) is 37.4 Å². The summed E-state index contributed by atoms with van der Waals surface area (Å²) in [6, 6.07) is 8.16. The lowest BCUT2D eigenvalue weighted by molar-refractivity contribution is 0.132. The van der Waals surface area contributed by atoms with Crippen LogP contribution in [0.15, 0.2) is 24.3 Å². The SMILES string of the molecule is CCOC(=O)NC1CCCN(Cc2ccc(CO)cc2)C1. The number of benzene rings is 1. The molecule has 1 fully saturated rings. The molecule has 0 saturated carbocycles. The Kier molecular flexibility index (Phi) is 6.02. The normalized spacial score (nSPS) is 19.2. The predicted molar refractivity (Wildman–Crippen MR) is 80.8 cm³/mol. The molecule has 21 heavy (non-hydrogen) atoms. The van der Waals surface area contributed by atoms with Gasteiger partial charge in [-0.1, -0.05) is 24.3 Å². The Labute approximate surface area is 125 Å². The van der Waals surface area contributed by atoms with E-state index in [4.69, 9.17) is 9.84 Å². The summed E-state index contributed by atoms with van der Waals surface area (Å²) in [4.78, 5) is 13.8. The van der Waals surface area contributed by atoms with Crippen molar-refractivity contribution in [3.8, 4) is 0 Å². The van der Waals surface area contributed by atoms with Crippen molar-refractivity contribution in [1.82, 2.24) is 10.2 Å². The van der Waals surface area contributed by atoms with Gasteiger partial charge in [-0.2, -0.15) is 0 Å². The van der Waals surface area contributed by atoms with E-state index < -0.39 is 0 Å². The van der Waals surface area contributed by atoms with E-state index in [1.54, 1.807) is 0 Å². The molecular formula is C16H24N2O3. The summed E-state index contributed by atoms with van der Waals surface area (Å²) >= 11 is 0. The summed E-state index contributed by atoms with van der Waals surface area (Å²) < 4.78 is 4.93. The third kappa shape index (κ3) is 5.02. The van der Waals surface area contributed by atoms with E-state index in [2.05, 4.69) is 10.2 Å². The molecule has 1 amide bonds. The molecular weight excluding hydrogens is 268 g/mol. The lowest BCUT2D eigenvalue weighted by atomic mass is 10.0. The van der Waals surface area contributed by atoms with E-state index in [0.29, 0.717) is 6.61 Å². The highest BCUT2D eigenvalue weighted by Gasteiger charge is 2.21. The van der Waals surface area contributed by atoms with Gasteiger partial charge in [0.1, 0.15) is 0 Å². The maximum absolute atomic E-state index is 11.5. The fourth-order valence-corrected chi connectivity index (χ4v) is 2.66. The number of hydrogen-bond acceptors (Lipinski definition) is 4. The number of amides is 1. The van der Waals surface area contributed by atoms with Crippen LogP contribution in [0.2, 0.25) is 0 Å². The zero-order valence-corrected chi connectivity index (χ0v) is 12.5. The van der Waals surface area contributed by atoms with Crippen LogP contribution in [0.25, 0.3) is 0 Å². The Morgan fingerprint density at radius 2 is 2.10 bits per heavy atom. The predicted octanol–water partition coefficient (Wildman–Crippen LogP) is 1.89. The Hall–Kier alpha value is -1.59.